The molecule has 17 heavy (non-hydrogen) atoms. The monoisotopic (exact) mass is 233 g/mol. The van der Waals surface area contributed by atoms with Crippen LogP contribution in [0.2, 0.25) is 0 Å². The Labute approximate surface area is 102 Å². The van der Waals surface area contributed by atoms with Gasteiger partial charge in [-0.1, -0.05) is 13.8 Å². The molecule has 1 saturated heterocycles. The van der Waals surface area contributed by atoms with Crippen molar-refractivity contribution >= 4 is 17.4 Å². The van der Waals surface area contributed by atoms with E-state index in [-0.39, 0.29) is 12.1 Å². The molecule has 3 N–H and O–H groups in total. The molecule has 0 aromatic heterocycles. The number of nitrogens with two attached hydrogens (primary N) is 1. The van der Waals surface area contributed by atoms with E-state index in [1.165, 1.54) is 0 Å². The van der Waals surface area contributed by atoms with Crippen molar-refractivity contribution in [1.82, 2.24) is 5.32 Å². The molecule has 1 heterocycles. The topological polar surface area (TPSA) is 58.4 Å². The summed E-state index contributed by atoms with van der Waals surface area (Å²) < 4.78 is 0. The number of urea groups is 1. The average molecular weight is 233 g/mol. The molecule has 2 amide bonds. The van der Waals surface area contributed by atoms with Gasteiger partial charge in [0.25, 0.3) is 0 Å². The average Bonchev–Trinajstić information content (AvgIpc) is 2.59. The minimum atomic E-state index is -0.0135. The number of hydrogen-bond acceptors (Lipinski definition) is 2. The molecule has 0 radical (unpaired) electrons. The summed E-state index contributed by atoms with van der Waals surface area (Å²) in [5.41, 5.74) is 7.25. The molecular weight excluding hydrogens is 214 g/mol. The lowest BCUT2D eigenvalue weighted by molar-refractivity contribution is 0.250. The van der Waals surface area contributed by atoms with Crippen LogP contribution in [0.15, 0.2) is 24.3 Å². The van der Waals surface area contributed by atoms with Gasteiger partial charge in [-0.15, -0.1) is 0 Å². The lowest BCUT2D eigenvalue weighted by Crippen LogP contribution is -2.29. The molecule has 1 fully saturated rings. The Morgan fingerprint density at radius 3 is 2.65 bits per heavy atom. The van der Waals surface area contributed by atoms with Crippen LogP contribution in [0.1, 0.15) is 20.3 Å². The highest BCUT2D eigenvalue weighted by atomic mass is 16.2. The molecule has 1 unspecified atom stereocenters. The Bertz CT molecular complexity index is 400. The third-order valence-corrected chi connectivity index (χ3v) is 2.94. The van der Waals surface area contributed by atoms with E-state index in [1.807, 2.05) is 24.3 Å². The molecule has 1 atom stereocenters. The van der Waals surface area contributed by atoms with Gasteiger partial charge in [0.2, 0.25) is 0 Å². The molecular formula is C13H19N3O. The first-order valence-electron chi connectivity index (χ1n) is 6.00. The summed E-state index contributed by atoms with van der Waals surface area (Å²) in [4.78, 5) is 13.6. The van der Waals surface area contributed by atoms with Gasteiger partial charge in [-0.2, -0.15) is 0 Å². The van der Waals surface area contributed by atoms with Crippen molar-refractivity contribution in [2.24, 2.45) is 5.92 Å². The normalized spacial score (nSPS) is 19.8. The second kappa shape index (κ2) is 4.65. The van der Waals surface area contributed by atoms with E-state index in [0.717, 1.165) is 18.7 Å². The number of nitrogens with zero attached hydrogens (tertiary/aromatic N) is 1. The van der Waals surface area contributed by atoms with E-state index in [9.17, 15) is 4.79 Å². The number of hydrogen-bond donors (Lipinski definition) is 2. The van der Waals surface area contributed by atoms with E-state index in [2.05, 4.69) is 19.2 Å². The lowest BCUT2D eigenvalue weighted by atomic mass is 10.0. The van der Waals surface area contributed by atoms with Gasteiger partial charge in [-0.25, -0.2) is 4.79 Å². The Morgan fingerprint density at radius 1 is 1.41 bits per heavy atom. The van der Waals surface area contributed by atoms with Crippen LogP contribution in [0.3, 0.4) is 0 Å². The van der Waals surface area contributed by atoms with Gasteiger partial charge in [0.1, 0.15) is 0 Å². The zero-order valence-electron chi connectivity index (χ0n) is 10.3. The first kappa shape index (κ1) is 11.8. The van der Waals surface area contributed by atoms with Crippen molar-refractivity contribution in [2.45, 2.75) is 26.3 Å². The molecule has 92 valence electrons. The molecule has 0 spiro atoms. The van der Waals surface area contributed by atoms with Gasteiger partial charge in [-0.05, 0) is 36.6 Å². The van der Waals surface area contributed by atoms with Gasteiger partial charge in [0, 0.05) is 24.0 Å². The maximum atomic E-state index is 11.8. The zero-order valence-corrected chi connectivity index (χ0v) is 10.3. The van der Waals surface area contributed by atoms with Gasteiger partial charge in [-0.3, -0.25) is 4.90 Å². The Kier molecular flexibility index (Phi) is 3.22. The number of carbonyl (C=O) groups is 1. The predicted octanol–water partition coefficient (Wildman–Crippen LogP) is 2.21. The number of amides is 2. The van der Waals surface area contributed by atoms with Crippen molar-refractivity contribution in [3.8, 4) is 0 Å². The summed E-state index contributed by atoms with van der Waals surface area (Å²) >= 11 is 0. The predicted molar refractivity (Wildman–Crippen MR) is 70.0 cm³/mol. The SMILES string of the molecule is CC(C)CC1CN(c2ccc(N)cc2)C(=O)N1. The van der Waals surface area contributed by atoms with Crippen LogP contribution in [-0.4, -0.2) is 18.6 Å². The Morgan fingerprint density at radius 2 is 2.06 bits per heavy atom. The van der Waals surface area contributed by atoms with E-state index in [0.29, 0.717) is 11.6 Å². The highest BCUT2D eigenvalue weighted by Crippen LogP contribution is 2.21. The molecule has 1 aliphatic rings. The first-order chi connectivity index (χ1) is 8.06. The smallest absolute Gasteiger partial charge is 0.322 e. The molecule has 1 aromatic carbocycles. The minimum Gasteiger partial charge on any atom is -0.399 e. The van der Waals surface area contributed by atoms with Crippen LogP contribution in [0.5, 0.6) is 0 Å². The van der Waals surface area contributed by atoms with Gasteiger partial charge in [0.05, 0.1) is 0 Å². The van der Waals surface area contributed by atoms with E-state index in [4.69, 9.17) is 5.73 Å². The zero-order chi connectivity index (χ0) is 12.4. The van der Waals surface area contributed by atoms with E-state index in [1.54, 1.807) is 4.90 Å². The highest BCUT2D eigenvalue weighted by Gasteiger charge is 2.29. The molecule has 1 aliphatic heterocycles. The molecule has 0 aliphatic carbocycles. The quantitative estimate of drug-likeness (QED) is 0.786. The van der Waals surface area contributed by atoms with E-state index >= 15 is 0 Å². The lowest BCUT2D eigenvalue weighted by Gasteiger charge is -2.15. The van der Waals surface area contributed by atoms with Crippen molar-refractivity contribution in [3.63, 3.8) is 0 Å². The summed E-state index contributed by atoms with van der Waals surface area (Å²) in [7, 11) is 0. The van der Waals surface area contributed by atoms with Crippen LogP contribution in [0.25, 0.3) is 0 Å². The summed E-state index contributed by atoms with van der Waals surface area (Å²) in [6.07, 6.45) is 1.01. The van der Waals surface area contributed by atoms with Crippen molar-refractivity contribution < 1.29 is 4.79 Å². The summed E-state index contributed by atoms with van der Waals surface area (Å²) in [6.45, 7) is 5.07. The maximum absolute atomic E-state index is 11.8. The fraction of sp³-hybridized carbons (Fsp3) is 0.462. The number of nitrogens with one attached hydrogen (secondary N) is 1. The largest absolute Gasteiger partial charge is 0.399 e. The van der Waals surface area contributed by atoms with Crippen molar-refractivity contribution in [3.05, 3.63) is 24.3 Å². The highest BCUT2D eigenvalue weighted by molar-refractivity contribution is 5.94. The Hall–Kier alpha value is -1.71. The maximum Gasteiger partial charge on any atom is 0.322 e. The van der Waals surface area contributed by atoms with E-state index < -0.39 is 0 Å². The number of rotatable bonds is 3. The standard InChI is InChI=1S/C13H19N3O/c1-9(2)7-11-8-16(13(17)15-11)12-5-3-10(14)4-6-12/h3-6,9,11H,7-8,14H2,1-2H3,(H,15,17). The van der Waals surface area contributed by atoms with Crippen molar-refractivity contribution in [1.29, 1.82) is 0 Å². The van der Waals surface area contributed by atoms with Crippen molar-refractivity contribution in [2.75, 3.05) is 17.2 Å². The minimum absolute atomic E-state index is 0.0135. The number of nitrogen functional groups attached to an aromatic ring is 1. The fourth-order valence-corrected chi connectivity index (χ4v) is 2.18. The molecule has 2 rings (SSSR count). The summed E-state index contributed by atoms with van der Waals surface area (Å²) in [6, 6.07) is 7.64. The second-order valence-corrected chi connectivity index (χ2v) is 4.98. The summed E-state index contributed by atoms with van der Waals surface area (Å²) in [5.74, 6) is 0.590. The van der Waals surface area contributed by atoms with Gasteiger partial charge < -0.3 is 11.1 Å². The number of anilines is 2. The number of benzene rings is 1. The molecule has 0 bridgehead atoms. The molecule has 4 heteroatoms. The van der Waals surface area contributed by atoms with Crippen LogP contribution in [0, 0.1) is 5.92 Å². The Balaban J connectivity index is 2.07. The first-order valence-corrected chi connectivity index (χ1v) is 6.00. The summed E-state index contributed by atoms with van der Waals surface area (Å²) in [5, 5.41) is 3.00. The van der Waals surface area contributed by atoms with Crippen LogP contribution in [-0.2, 0) is 0 Å². The molecule has 4 nitrogen and oxygen atoms in total. The second-order valence-electron chi connectivity index (χ2n) is 4.98. The van der Waals surface area contributed by atoms with Crippen LogP contribution in [0.4, 0.5) is 16.2 Å². The third kappa shape index (κ3) is 2.70. The van der Waals surface area contributed by atoms with Crippen LogP contribution >= 0.6 is 0 Å². The molecule has 0 saturated carbocycles. The van der Waals surface area contributed by atoms with Crippen LogP contribution < -0.4 is 16.0 Å². The fourth-order valence-electron chi connectivity index (χ4n) is 2.18. The third-order valence-electron chi connectivity index (χ3n) is 2.94. The van der Waals surface area contributed by atoms with Gasteiger partial charge in [0.15, 0.2) is 0 Å². The number of carbonyl (C=O) groups excluding carboxylic acids is 1. The molecule has 1 aromatic rings. The van der Waals surface area contributed by atoms with Gasteiger partial charge >= 0.3 is 6.03 Å².